The minimum absolute atomic E-state index is 0.0133. The Balaban J connectivity index is 2.32. The van der Waals surface area contributed by atoms with Gasteiger partial charge in [0.25, 0.3) is 5.91 Å². The summed E-state index contributed by atoms with van der Waals surface area (Å²) in [4.78, 5) is 13.5. The van der Waals surface area contributed by atoms with Crippen LogP contribution in [0.5, 0.6) is 11.5 Å². The van der Waals surface area contributed by atoms with E-state index < -0.39 is 0 Å². The maximum Gasteiger partial charge on any atom is 0.261 e. The number of likely N-dealkylation sites (tertiary alicyclic amines) is 1. The zero-order chi connectivity index (χ0) is 10.8. The third-order valence-corrected chi connectivity index (χ3v) is 2.63. The summed E-state index contributed by atoms with van der Waals surface area (Å²) in [6, 6.07) is 4.32. The molecule has 15 heavy (non-hydrogen) atoms. The SMILES string of the molecule is O=C(c1c(O)cccc1O)N1CCCC1. The molecule has 4 nitrogen and oxygen atoms in total. The number of benzene rings is 1. The van der Waals surface area contributed by atoms with Crippen molar-refractivity contribution in [1.82, 2.24) is 4.90 Å². The first kappa shape index (κ1) is 9.83. The maximum absolute atomic E-state index is 11.9. The molecule has 1 aromatic carbocycles. The monoisotopic (exact) mass is 207 g/mol. The molecule has 2 N–H and O–H groups in total. The Morgan fingerprint density at radius 2 is 1.67 bits per heavy atom. The normalized spacial score (nSPS) is 15.6. The fraction of sp³-hybridized carbons (Fsp3) is 0.364. The molecular formula is C11H13NO3. The molecule has 0 aromatic heterocycles. The smallest absolute Gasteiger partial charge is 0.261 e. The predicted molar refractivity (Wildman–Crippen MR) is 54.9 cm³/mol. The number of hydrogen-bond acceptors (Lipinski definition) is 3. The summed E-state index contributed by atoms with van der Waals surface area (Å²) in [5.74, 6) is -0.609. The van der Waals surface area contributed by atoms with E-state index in [0.717, 1.165) is 12.8 Å². The van der Waals surface area contributed by atoms with Crippen LogP contribution in [-0.4, -0.2) is 34.1 Å². The highest BCUT2D eigenvalue weighted by atomic mass is 16.3. The molecule has 0 bridgehead atoms. The van der Waals surface area contributed by atoms with Crippen LogP contribution in [0.15, 0.2) is 18.2 Å². The van der Waals surface area contributed by atoms with E-state index in [9.17, 15) is 15.0 Å². The van der Waals surface area contributed by atoms with Gasteiger partial charge in [-0.25, -0.2) is 0 Å². The van der Waals surface area contributed by atoms with Crippen molar-refractivity contribution >= 4 is 5.91 Å². The molecule has 0 aliphatic carbocycles. The van der Waals surface area contributed by atoms with Gasteiger partial charge in [0.05, 0.1) is 0 Å². The third-order valence-electron chi connectivity index (χ3n) is 2.63. The van der Waals surface area contributed by atoms with Gasteiger partial charge in [0.2, 0.25) is 0 Å². The van der Waals surface area contributed by atoms with Crippen LogP contribution in [-0.2, 0) is 0 Å². The first-order chi connectivity index (χ1) is 7.20. The second-order valence-corrected chi connectivity index (χ2v) is 3.67. The average Bonchev–Trinajstić information content (AvgIpc) is 2.69. The molecule has 0 spiro atoms. The molecule has 1 heterocycles. The molecule has 80 valence electrons. The van der Waals surface area contributed by atoms with Crippen LogP contribution in [0.25, 0.3) is 0 Å². The Kier molecular flexibility index (Phi) is 2.49. The van der Waals surface area contributed by atoms with Crippen LogP contribution in [0.2, 0.25) is 0 Å². The summed E-state index contributed by atoms with van der Waals surface area (Å²) in [6.07, 6.45) is 1.97. The number of hydrogen-bond donors (Lipinski definition) is 2. The molecule has 1 aliphatic rings. The standard InChI is InChI=1S/C11H13NO3/c13-8-4-3-5-9(14)10(8)11(15)12-6-1-2-7-12/h3-5,13-14H,1-2,6-7H2. The predicted octanol–water partition coefficient (Wildman–Crippen LogP) is 1.33. The Morgan fingerprint density at radius 3 is 2.20 bits per heavy atom. The van der Waals surface area contributed by atoms with Crippen molar-refractivity contribution in [3.63, 3.8) is 0 Å². The molecule has 1 amide bonds. The molecule has 0 unspecified atom stereocenters. The van der Waals surface area contributed by atoms with Crippen molar-refractivity contribution in [3.8, 4) is 11.5 Å². The number of nitrogens with zero attached hydrogens (tertiary/aromatic N) is 1. The topological polar surface area (TPSA) is 60.8 Å². The van der Waals surface area contributed by atoms with E-state index >= 15 is 0 Å². The Morgan fingerprint density at radius 1 is 1.13 bits per heavy atom. The molecule has 2 rings (SSSR count). The van der Waals surface area contributed by atoms with Crippen LogP contribution < -0.4 is 0 Å². The van der Waals surface area contributed by atoms with Gasteiger partial charge >= 0.3 is 0 Å². The van der Waals surface area contributed by atoms with Crippen molar-refractivity contribution in [2.75, 3.05) is 13.1 Å². The van der Waals surface area contributed by atoms with Gasteiger partial charge in [0.15, 0.2) is 0 Å². The van der Waals surface area contributed by atoms with E-state index in [2.05, 4.69) is 0 Å². The van der Waals surface area contributed by atoms with Crippen LogP contribution in [0.3, 0.4) is 0 Å². The second-order valence-electron chi connectivity index (χ2n) is 3.67. The first-order valence-corrected chi connectivity index (χ1v) is 5.00. The number of amides is 1. The number of phenols is 2. The lowest BCUT2D eigenvalue weighted by molar-refractivity contribution is 0.0786. The van der Waals surface area contributed by atoms with Crippen molar-refractivity contribution in [3.05, 3.63) is 23.8 Å². The second kappa shape index (κ2) is 3.81. The van der Waals surface area contributed by atoms with Gasteiger partial charge in [-0.05, 0) is 25.0 Å². The summed E-state index contributed by atoms with van der Waals surface area (Å²) < 4.78 is 0. The number of aromatic hydroxyl groups is 2. The highest BCUT2D eigenvalue weighted by Crippen LogP contribution is 2.28. The van der Waals surface area contributed by atoms with Crippen molar-refractivity contribution in [2.45, 2.75) is 12.8 Å². The summed E-state index contributed by atoms with van der Waals surface area (Å²) in [5, 5.41) is 19.0. The van der Waals surface area contributed by atoms with Gasteiger partial charge in [-0.2, -0.15) is 0 Å². The number of carbonyl (C=O) groups excluding carboxylic acids is 1. The molecule has 0 radical (unpaired) electrons. The molecular weight excluding hydrogens is 194 g/mol. The lowest BCUT2D eigenvalue weighted by atomic mass is 10.1. The third kappa shape index (κ3) is 1.75. The van der Waals surface area contributed by atoms with Crippen LogP contribution in [0.4, 0.5) is 0 Å². The summed E-state index contributed by atoms with van der Waals surface area (Å²) in [7, 11) is 0. The van der Waals surface area contributed by atoms with E-state index in [-0.39, 0.29) is 23.0 Å². The molecule has 0 saturated carbocycles. The fourth-order valence-electron chi connectivity index (χ4n) is 1.83. The van der Waals surface area contributed by atoms with Gasteiger partial charge in [-0.15, -0.1) is 0 Å². The van der Waals surface area contributed by atoms with E-state index in [1.807, 2.05) is 0 Å². The summed E-state index contributed by atoms with van der Waals surface area (Å²) in [6.45, 7) is 1.40. The minimum atomic E-state index is -0.289. The van der Waals surface area contributed by atoms with Crippen LogP contribution >= 0.6 is 0 Å². The van der Waals surface area contributed by atoms with Crippen LogP contribution in [0, 0.1) is 0 Å². The minimum Gasteiger partial charge on any atom is -0.507 e. The number of phenolic OH excluding ortho intramolecular Hbond substituents is 2. The van der Waals surface area contributed by atoms with Gasteiger partial charge in [0, 0.05) is 13.1 Å². The van der Waals surface area contributed by atoms with Gasteiger partial charge in [-0.1, -0.05) is 6.07 Å². The largest absolute Gasteiger partial charge is 0.507 e. The maximum atomic E-state index is 11.9. The Bertz CT molecular complexity index is 363. The lowest BCUT2D eigenvalue weighted by Gasteiger charge is -2.16. The van der Waals surface area contributed by atoms with Gasteiger partial charge in [-0.3, -0.25) is 4.79 Å². The number of carbonyl (C=O) groups is 1. The van der Waals surface area contributed by atoms with Crippen LogP contribution in [0.1, 0.15) is 23.2 Å². The average molecular weight is 207 g/mol. The van der Waals surface area contributed by atoms with Crippen molar-refractivity contribution in [1.29, 1.82) is 0 Å². The lowest BCUT2D eigenvalue weighted by Crippen LogP contribution is -2.27. The zero-order valence-electron chi connectivity index (χ0n) is 8.31. The van der Waals surface area contributed by atoms with Crippen molar-refractivity contribution < 1.29 is 15.0 Å². The molecule has 1 saturated heterocycles. The highest BCUT2D eigenvalue weighted by Gasteiger charge is 2.24. The fourth-order valence-corrected chi connectivity index (χ4v) is 1.83. The summed E-state index contributed by atoms with van der Waals surface area (Å²) >= 11 is 0. The zero-order valence-corrected chi connectivity index (χ0v) is 8.31. The molecule has 0 atom stereocenters. The van der Waals surface area contributed by atoms with Gasteiger partial charge < -0.3 is 15.1 Å². The van der Waals surface area contributed by atoms with E-state index in [4.69, 9.17) is 0 Å². The quantitative estimate of drug-likeness (QED) is 0.730. The highest BCUT2D eigenvalue weighted by molar-refractivity contribution is 5.99. The van der Waals surface area contributed by atoms with E-state index in [1.54, 1.807) is 4.90 Å². The molecule has 1 aliphatic heterocycles. The molecule has 1 aromatic rings. The first-order valence-electron chi connectivity index (χ1n) is 5.00. The number of rotatable bonds is 1. The summed E-state index contributed by atoms with van der Waals surface area (Å²) in [5.41, 5.74) is 0.0133. The molecule has 1 fully saturated rings. The van der Waals surface area contributed by atoms with E-state index in [0.29, 0.717) is 13.1 Å². The Labute approximate surface area is 87.8 Å². The van der Waals surface area contributed by atoms with Crippen molar-refractivity contribution in [2.24, 2.45) is 0 Å². The molecule has 4 heteroatoms. The Hall–Kier alpha value is -1.71. The van der Waals surface area contributed by atoms with E-state index in [1.165, 1.54) is 18.2 Å². The van der Waals surface area contributed by atoms with Gasteiger partial charge in [0.1, 0.15) is 17.1 Å².